The minimum atomic E-state index is -0.0589. The first-order valence-electron chi connectivity index (χ1n) is 8.83. The van der Waals surface area contributed by atoms with Crippen molar-refractivity contribution in [1.82, 2.24) is 9.55 Å². The smallest absolute Gasteiger partial charge is 0.221 e. The van der Waals surface area contributed by atoms with E-state index in [4.69, 9.17) is 11.6 Å². The van der Waals surface area contributed by atoms with Gasteiger partial charge in [-0.25, -0.2) is 4.98 Å². The maximum Gasteiger partial charge on any atom is 0.221 e. The molecule has 0 bridgehead atoms. The van der Waals surface area contributed by atoms with Crippen LogP contribution in [0.2, 0.25) is 5.02 Å². The summed E-state index contributed by atoms with van der Waals surface area (Å²) < 4.78 is 2.12. The highest BCUT2D eigenvalue weighted by Gasteiger charge is 2.12. The Morgan fingerprint density at radius 1 is 1.19 bits per heavy atom. The Hall–Kier alpha value is -2.24. The maximum atomic E-state index is 11.2. The number of aryl methyl sites for hydroxylation is 1. The summed E-state index contributed by atoms with van der Waals surface area (Å²) in [5, 5.41) is 3.97. The highest BCUT2D eigenvalue weighted by atomic mass is 35.5. The number of nitrogens with zero attached hydrogens (tertiary/aromatic N) is 2. The summed E-state index contributed by atoms with van der Waals surface area (Å²) in [6, 6.07) is 16.0. The van der Waals surface area contributed by atoms with Gasteiger partial charge in [-0.15, -0.1) is 11.8 Å². The number of thioether (sulfide) groups is 1. The largest absolute Gasteiger partial charge is 0.336 e. The third-order valence-corrected chi connectivity index (χ3v) is 5.63. The van der Waals surface area contributed by atoms with Gasteiger partial charge < -0.3 is 9.88 Å². The Labute approximate surface area is 169 Å². The first kappa shape index (κ1) is 19.5. The number of rotatable bonds is 8. The number of aromatic nitrogens is 2. The van der Waals surface area contributed by atoms with Crippen LogP contribution in [0.5, 0.6) is 0 Å². The van der Waals surface area contributed by atoms with Gasteiger partial charge in [-0.1, -0.05) is 23.7 Å². The highest BCUT2D eigenvalue weighted by molar-refractivity contribution is 8.00. The summed E-state index contributed by atoms with van der Waals surface area (Å²) in [6.07, 6.45) is 7.69. The quantitative estimate of drug-likeness (QED) is 0.523. The normalized spacial score (nSPS) is 11.9. The lowest BCUT2D eigenvalue weighted by molar-refractivity contribution is -0.114. The van der Waals surface area contributed by atoms with E-state index < -0.39 is 0 Å². The van der Waals surface area contributed by atoms with Crippen molar-refractivity contribution in [3.63, 3.8) is 0 Å². The van der Waals surface area contributed by atoms with Crippen LogP contribution >= 0.6 is 23.4 Å². The van der Waals surface area contributed by atoms with Gasteiger partial charge in [-0.3, -0.25) is 4.79 Å². The van der Waals surface area contributed by atoms with Gasteiger partial charge in [-0.05, 0) is 54.8 Å². The standard InChI is InChI=1S/C21H22ClN3OS/c1-16(26)24-19-7-10-20(11-8-19)27-21(14-25-13-12-23-15-25)9-4-17-2-5-18(22)6-3-17/h2-3,5-8,10-13,15,21H,4,9,14H2,1H3,(H,24,26). The molecule has 3 aromatic rings. The molecule has 0 aliphatic carbocycles. The molecule has 1 heterocycles. The number of imidazole rings is 1. The van der Waals surface area contributed by atoms with E-state index in [1.54, 1.807) is 0 Å². The predicted molar refractivity (Wildman–Crippen MR) is 112 cm³/mol. The average Bonchev–Trinajstić information content (AvgIpc) is 3.15. The molecule has 0 aliphatic rings. The van der Waals surface area contributed by atoms with Gasteiger partial charge in [0.05, 0.1) is 6.33 Å². The number of hydrogen-bond donors (Lipinski definition) is 1. The van der Waals surface area contributed by atoms with Gasteiger partial charge in [0.1, 0.15) is 0 Å². The summed E-state index contributed by atoms with van der Waals surface area (Å²) in [5.41, 5.74) is 2.11. The van der Waals surface area contributed by atoms with Gasteiger partial charge in [0.15, 0.2) is 0 Å². The van der Waals surface area contributed by atoms with E-state index in [0.717, 1.165) is 30.1 Å². The fraction of sp³-hybridized carbons (Fsp3) is 0.238. The molecule has 140 valence electrons. The van der Waals surface area contributed by atoms with E-state index >= 15 is 0 Å². The molecule has 3 rings (SSSR count). The van der Waals surface area contributed by atoms with E-state index in [0.29, 0.717) is 5.25 Å². The van der Waals surface area contributed by atoms with Crippen molar-refractivity contribution in [1.29, 1.82) is 0 Å². The first-order chi connectivity index (χ1) is 13.1. The zero-order chi connectivity index (χ0) is 19.1. The molecule has 6 heteroatoms. The Balaban J connectivity index is 1.65. The molecular weight excluding hydrogens is 378 g/mol. The number of benzene rings is 2. The van der Waals surface area contributed by atoms with Crippen molar-refractivity contribution in [2.75, 3.05) is 5.32 Å². The van der Waals surface area contributed by atoms with Crippen molar-refractivity contribution < 1.29 is 4.79 Å². The molecule has 27 heavy (non-hydrogen) atoms. The van der Waals surface area contributed by atoms with E-state index in [1.807, 2.05) is 54.7 Å². The predicted octanol–water partition coefficient (Wildman–Crippen LogP) is 5.29. The minimum Gasteiger partial charge on any atom is -0.336 e. The molecule has 2 aromatic carbocycles. The van der Waals surface area contributed by atoms with Crippen molar-refractivity contribution in [2.45, 2.75) is 36.5 Å². The number of carbonyl (C=O) groups is 1. The van der Waals surface area contributed by atoms with Crippen LogP contribution in [0.3, 0.4) is 0 Å². The lowest BCUT2D eigenvalue weighted by Gasteiger charge is -2.18. The summed E-state index contributed by atoms with van der Waals surface area (Å²) >= 11 is 7.83. The summed E-state index contributed by atoms with van der Waals surface area (Å²) in [7, 11) is 0. The highest BCUT2D eigenvalue weighted by Crippen LogP contribution is 2.29. The molecule has 0 saturated heterocycles. The number of anilines is 1. The fourth-order valence-electron chi connectivity index (χ4n) is 2.81. The van der Waals surface area contributed by atoms with Crippen LogP contribution in [0.4, 0.5) is 5.69 Å². The Bertz CT molecular complexity index is 848. The zero-order valence-electron chi connectivity index (χ0n) is 15.1. The minimum absolute atomic E-state index is 0.0589. The van der Waals surface area contributed by atoms with Crippen molar-refractivity contribution >= 4 is 35.0 Å². The van der Waals surface area contributed by atoms with Gasteiger partial charge in [0, 0.05) is 46.7 Å². The number of nitrogens with one attached hydrogen (secondary N) is 1. The molecule has 0 saturated carbocycles. The molecule has 0 spiro atoms. The number of halogens is 1. The number of carbonyl (C=O) groups excluding carboxylic acids is 1. The van der Waals surface area contributed by atoms with Gasteiger partial charge in [0.2, 0.25) is 5.91 Å². The molecule has 1 unspecified atom stereocenters. The summed E-state index contributed by atoms with van der Waals surface area (Å²) in [5.74, 6) is -0.0589. The molecule has 1 amide bonds. The molecule has 1 N–H and O–H groups in total. The van der Waals surface area contributed by atoms with Crippen LogP contribution in [-0.4, -0.2) is 20.7 Å². The number of amides is 1. The second-order valence-electron chi connectivity index (χ2n) is 6.37. The fourth-order valence-corrected chi connectivity index (χ4v) is 4.10. The third-order valence-electron chi connectivity index (χ3n) is 4.12. The molecule has 0 aliphatic heterocycles. The van der Waals surface area contributed by atoms with Crippen LogP contribution in [0.25, 0.3) is 0 Å². The number of hydrogen-bond acceptors (Lipinski definition) is 3. The first-order valence-corrected chi connectivity index (χ1v) is 10.1. The molecule has 1 aromatic heterocycles. The summed E-state index contributed by atoms with van der Waals surface area (Å²) in [6.45, 7) is 2.41. The second-order valence-corrected chi connectivity index (χ2v) is 8.18. The SMILES string of the molecule is CC(=O)Nc1ccc(SC(CCc2ccc(Cl)cc2)Cn2ccnc2)cc1. The van der Waals surface area contributed by atoms with Crippen molar-refractivity contribution in [3.05, 3.63) is 77.8 Å². The van der Waals surface area contributed by atoms with E-state index in [1.165, 1.54) is 17.4 Å². The zero-order valence-corrected chi connectivity index (χ0v) is 16.7. The second kappa shape index (κ2) is 9.62. The Morgan fingerprint density at radius 2 is 1.93 bits per heavy atom. The lowest BCUT2D eigenvalue weighted by atomic mass is 10.1. The van der Waals surface area contributed by atoms with Crippen LogP contribution in [-0.2, 0) is 17.8 Å². The van der Waals surface area contributed by atoms with E-state index in [2.05, 4.69) is 39.1 Å². The maximum absolute atomic E-state index is 11.2. The monoisotopic (exact) mass is 399 g/mol. The molecular formula is C21H22ClN3OS. The van der Waals surface area contributed by atoms with Crippen LogP contribution in [0.1, 0.15) is 18.9 Å². The van der Waals surface area contributed by atoms with Crippen LogP contribution in [0.15, 0.2) is 72.1 Å². The molecule has 0 fully saturated rings. The Morgan fingerprint density at radius 3 is 2.56 bits per heavy atom. The van der Waals surface area contributed by atoms with E-state index in [-0.39, 0.29) is 5.91 Å². The van der Waals surface area contributed by atoms with Gasteiger partial charge in [0.25, 0.3) is 0 Å². The van der Waals surface area contributed by atoms with Gasteiger partial charge >= 0.3 is 0 Å². The molecule has 4 nitrogen and oxygen atoms in total. The van der Waals surface area contributed by atoms with Crippen LogP contribution < -0.4 is 5.32 Å². The Kier molecular flexibility index (Phi) is 6.96. The van der Waals surface area contributed by atoms with Crippen LogP contribution in [0, 0.1) is 0 Å². The average molecular weight is 400 g/mol. The third kappa shape index (κ3) is 6.45. The van der Waals surface area contributed by atoms with Gasteiger partial charge in [-0.2, -0.15) is 0 Å². The topological polar surface area (TPSA) is 46.9 Å². The van der Waals surface area contributed by atoms with E-state index in [9.17, 15) is 4.79 Å². The van der Waals surface area contributed by atoms with Crippen molar-refractivity contribution in [2.24, 2.45) is 0 Å². The molecule has 0 radical (unpaired) electrons. The summed E-state index contributed by atoms with van der Waals surface area (Å²) in [4.78, 5) is 16.5. The molecule has 1 atom stereocenters. The van der Waals surface area contributed by atoms with Crippen molar-refractivity contribution in [3.8, 4) is 0 Å². The lowest BCUT2D eigenvalue weighted by Crippen LogP contribution is -2.13.